The Hall–Kier alpha value is -3.99. The Bertz CT molecular complexity index is 1570. The molecule has 1 saturated carbocycles. The molecule has 0 spiro atoms. The van der Waals surface area contributed by atoms with Crippen LogP contribution in [-0.4, -0.2) is 63.5 Å². The second-order valence-electron chi connectivity index (χ2n) is 9.93. The number of benzene rings is 1. The summed E-state index contributed by atoms with van der Waals surface area (Å²) >= 11 is 0. The Labute approximate surface area is 205 Å². The molecule has 1 saturated heterocycles. The van der Waals surface area contributed by atoms with E-state index in [0.29, 0.717) is 52.0 Å². The molecule has 36 heavy (non-hydrogen) atoms. The van der Waals surface area contributed by atoms with E-state index in [2.05, 4.69) is 25.2 Å². The van der Waals surface area contributed by atoms with Gasteiger partial charge in [0, 0.05) is 38.1 Å². The summed E-state index contributed by atoms with van der Waals surface area (Å²) in [7, 11) is 3.49. The monoisotopic (exact) mass is 488 g/mol. The van der Waals surface area contributed by atoms with Crippen LogP contribution < -0.4 is 20.7 Å². The van der Waals surface area contributed by atoms with Crippen molar-refractivity contribution in [1.29, 1.82) is 0 Å². The number of aromatic nitrogens is 4. The van der Waals surface area contributed by atoms with Gasteiger partial charge in [0.2, 0.25) is 0 Å². The fraction of sp³-hybridized carbons (Fsp3) is 0.360. The minimum absolute atomic E-state index is 0.0957. The van der Waals surface area contributed by atoms with E-state index in [1.807, 2.05) is 0 Å². The maximum atomic E-state index is 14.5. The molecule has 1 aliphatic carbocycles. The van der Waals surface area contributed by atoms with E-state index < -0.39 is 0 Å². The maximum Gasteiger partial charge on any atom is 0.326 e. The topological polar surface area (TPSA) is 125 Å². The summed E-state index contributed by atoms with van der Waals surface area (Å²) < 4.78 is 20.6. The first kappa shape index (κ1) is 21.3. The fourth-order valence-electron chi connectivity index (χ4n) is 5.98. The van der Waals surface area contributed by atoms with Gasteiger partial charge in [0.25, 0.3) is 5.91 Å². The van der Waals surface area contributed by atoms with Crippen LogP contribution in [0.3, 0.4) is 0 Å². The number of nitrogens with two attached hydrogens (primary N) is 1. The van der Waals surface area contributed by atoms with Crippen molar-refractivity contribution in [3.05, 3.63) is 41.5 Å². The molecular formula is C25H25FN8O2. The lowest BCUT2D eigenvalue weighted by atomic mass is 10.0. The minimum Gasteiger partial charge on any atom is -0.423 e. The third-order valence-corrected chi connectivity index (χ3v) is 7.74. The van der Waals surface area contributed by atoms with Gasteiger partial charge in [-0.2, -0.15) is 9.97 Å². The van der Waals surface area contributed by atoms with Crippen LogP contribution in [0.4, 0.5) is 15.9 Å². The number of rotatable bonds is 4. The van der Waals surface area contributed by atoms with Gasteiger partial charge in [0.15, 0.2) is 0 Å². The number of piperidine rings is 1. The molecule has 3 aliphatic rings. The van der Waals surface area contributed by atoms with Gasteiger partial charge in [-0.1, -0.05) is 0 Å². The van der Waals surface area contributed by atoms with Crippen LogP contribution in [0.25, 0.3) is 21.9 Å². The molecule has 2 aliphatic heterocycles. The maximum absolute atomic E-state index is 14.5. The number of H-pyrrole nitrogens is 1. The first-order valence-corrected chi connectivity index (χ1v) is 12.0. The van der Waals surface area contributed by atoms with E-state index in [0.717, 1.165) is 30.3 Å². The molecule has 5 heterocycles. The molecule has 4 N–H and O–H groups in total. The first-order valence-electron chi connectivity index (χ1n) is 12.0. The molecule has 0 radical (unpaired) electrons. The molecule has 184 valence electrons. The van der Waals surface area contributed by atoms with Gasteiger partial charge < -0.3 is 30.6 Å². The van der Waals surface area contributed by atoms with Crippen molar-refractivity contribution in [2.45, 2.75) is 31.5 Å². The number of carbonyl (C=O) groups is 1. The molecule has 10 nitrogen and oxygen atoms in total. The molecule has 2 unspecified atom stereocenters. The molecule has 2 fully saturated rings. The van der Waals surface area contributed by atoms with Gasteiger partial charge >= 0.3 is 6.01 Å². The smallest absolute Gasteiger partial charge is 0.326 e. The lowest BCUT2D eigenvalue weighted by Gasteiger charge is -2.31. The van der Waals surface area contributed by atoms with Crippen LogP contribution in [0.2, 0.25) is 0 Å². The van der Waals surface area contributed by atoms with Gasteiger partial charge in [-0.25, -0.2) is 4.39 Å². The summed E-state index contributed by atoms with van der Waals surface area (Å²) in [4.78, 5) is 33.5. The summed E-state index contributed by atoms with van der Waals surface area (Å²) in [5.41, 5.74) is 9.47. The van der Waals surface area contributed by atoms with Gasteiger partial charge in [0.1, 0.15) is 23.0 Å². The average molecular weight is 489 g/mol. The molecule has 11 heteroatoms. The molecule has 2 bridgehead atoms. The third-order valence-electron chi connectivity index (χ3n) is 7.74. The number of nitrogens with zero attached hydrogens (tertiary/aromatic N) is 5. The van der Waals surface area contributed by atoms with Crippen molar-refractivity contribution in [2.75, 3.05) is 30.9 Å². The van der Waals surface area contributed by atoms with Gasteiger partial charge in [-0.05, 0) is 37.0 Å². The molecule has 1 amide bonds. The van der Waals surface area contributed by atoms with Crippen LogP contribution >= 0.6 is 0 Å². The lowest BCUT2D eigenvalue weighted by Crippen LogP contribution is -2.41. The van der Waals surface area contributed by atoms with E-state index in [1.165, 1.54) is 12.1 Å². The predicted octanol–water partition coefficient (Wildman–Crippen LogP) is 2.99. The Morgan fingerprint density at radius 3 is 2.86 bits per heavy atom. The highest BCUT2D eigenvalue weighted by Crippen LogP contribution is 2.44. The largest absolute Gasteiger partial charge is 0.423 e. The average Bonchev–Trinajstić information content (AvgIpc) is 3.60. The quantitative estimate of drug-likeness (QED) is 0.400. The number of carbonyl (C=O) groups excluding carboxylic acids is 1. The molecule has 4 aromatic rings. The minimum atomic E-state index is -0.345. The second kappa shape index (κ2) is 7.50. The standard InChI is InChI=1S/C25H25FN8O2/c1-28-18-5-12(26)4-16-20-22(30-21(16)18)31-25(32-23(20)34-9-11-3-13(34)6-17(11)27)36-14-7-15-19(29-8-14)10-33(2)24(15)35/h4-5,7-8,11,13,17,28H,3,6,9-10,27H2,1-2H3,(H,30,31,32)/t11?,13?,17-/m0/s1. The van der Waals surface area contributed by atoms with E-state index >= 15 is 0 Å². The SMILES string of the molecule is CNc1cc(F)cc2c1[nH]c1nc(Oc3cnc4c(c3)C(=O)N(C)C4)nc(N3CC4CC3C[C@@H]4N)c12. The van der Waals surface area contributed by atoms with Crippen molar-refractivity contribution in [1.82, 2.24) is 24.8 Å². The van der Waals surface area contributed by atoms with E-state index in [1.54, 1.807) is 31.3 Å². The number of nitrogens with one attached hydrogen (secondary N) is 2. The highest BCUT2D eigenvalue weighted by molar-refractivity contribution is 6.14. The number of fused-ring (bicyclic) bond motifs is 6. The van der Waals surface area contributed by atoms with Gasteiger partial charge in [-0.15, -0.1) is 0 Å². The second-order valence-corrected chi connectivity index (χ2v) is 9.93. The summed E-state index contributed by atoms with van der Waals surface area (Å²) in [5, 5.41) is 4.51. The zero-order valence-corrected chi connectivity index (χ0v) is 19.9. The van der Waals surface area contributed by atoms with Gasteiger partial charge in [-0.3, -0.25) is 9.78 Å². The van der Waals surface area contributed by atoms with Crippen molar-refractivity contribution in [3.8, 4) is 11.8 Å². The van der Waals surface area contributed by atoms with Gasteiger partial charge in [0.05, 0.1) is 40.6 Å². The van der Waals surface area contributed by atoms with Crippen LogP contribution in [0.15, 0.2) is 24.4 Å². The molecule has 1 aromatic carbocycles. The Morgan fingerprint density at radius 1 is 1.25 bits per heavy atom. The van der Waals surface area contributed by atoms with Crippen molar-refractivity contribution in [2.24, 2.45) is 11.7 Å². The number of halogens is 1. The molecular weight excluding hydrogens is 463 g/mol. The van der Waals surface area contributed by atoms with Crippen LogP contribution in [0, 0.1) is 11.7 Å². The zero-order valence-electron chi connectivity index (χ0n) is 19.9. The number of pyridine rings is 1. The zero-order chi connectivity index (χ0) is 24.7. The third kappa shape index (κ3) is 3.05. The summed E-state index contributed by atoms with van der Waals surface area (Å²) in [5.74, 6) is 1.02. The highest BCUT2D eigenvalue weighted by Gasteiger charge is 2.44. The van der Waals surface area contributed by atoms with E-state index in [-0.39, 0.29) is 29.8 Å². The van der Waals surface area contributed by atoms with E-state index in [4.69, 9.17) is 15.5 Å². The highest BCUT2D eigenvalue weighted by atomic mass is 19.1. The van der Waals surface area contributed by atoms with Crippen molar-refractivity contribution in [3.63, 3.8) is 0 Å². The molecule has 7 rings (SSSR count). The number of hydrogen-bond acceptors (Lipinski definition) is 8. The lowest BCUT2D eigenvalue weighted by molar-refractivity contribution is 0.0816. The van der Waals surface area contributed by atoms with Crippen LogP contribution in [-0.2, 0) is 6.54 Å². The summed E-state index contributed by atoms with van der Waals surface area (Å²) in [6.07, 6.45) is 3.47. The van der Waals surface area contributed by atoms with Crippen molar-refractivity contribution < 1.29 is 13.9 Å². The number of amides is 1. The normalized spacial score (nSPS) is 22.8. The molecule has 3 aromatic heterocycles. The fourth-order valence-corrected chi connectivity index (χ4v) is 5.98. The van der Waals surface area contributed by atoms with Crippen molar-refractivity contribution >= 4 is 39.3 Å². The number of ether oxygens (including phenoxy) is 1. The van der Waals surface area contributed by atoms with Crippen LogP contribution in [0.1, 0.15) is 28.9 Å². The Kier molecular flexibility index (Phi) is 4.44. The summed E-state index contributed by atoms with van der Waals surface area (Å²) in [6, 6.07) is 5.20. The predicted molar refractivity (Wildman–Crippen MR) is 133 cm³/mol. The summed E-state index contributed by atoms with van der Waals surface area (Å²) in [6.45, 7) is 1.25. The first-order chi connectivity index (χ1) is 17.4. The van der Waals surface area contributed by atoms with E-state index in [9.17, 15) is 9.18 Å². The molecule has 3 atom stereocenters. The number of aromatic amines is 1. The Balaban J connectivity index is 1.38. The number of hydrogen-bond donors (Lipinski definition) is 3. The van der Waals surface area contributed by atoms with Crippen LogP contribution in [0.5, 0.6) is 11.8 Å². The number of anilines is 2. The Morgan fingerprint density at radius 2 is 2.11 bits per heavy atom.